The van der Waals surface area contributed by atoms with Gasteiger partial charge in [-0.3, -0.25) is 0 Å². The second kappa shape index (κ2) is 12.0. The van der Waals surface area contributed by atoms with Crippen molar-refractivity contribution < 1.29 is 9.47 Å². The molecule has 4 heterocycles. The monoisotopic (exact) mass is 605 g/mol. The van der Waals surface area contributed by atoms with E-state index in [0.29, 0.717) is 46.9 Å². The van der Waals surface area contributed by atoms with Crippen molar-refractivity contribution in [3.63, 3.8) is 0 Å². The number of benzene rings is 1. The number of hydrogen-bond donors (Lipinski definition) is 0. The lowest BCUT2D eigenvalue weighted by molar-refractivity contribution is 0.0247. The van der Waals surface area contributed by atoms with Crippen molar-refractivity contribution in [3.8, 4) is 17.1 Å². The van der Waals surface area contributed by atoms with Crippen LogP contribution in [0.5, 0.6) is 5.88 Å². The second-order valence-electron chi connectivity index (χ2n) is 12.2. The zero-order valence-corrected chi connectivity index (χ0v) is 25.5. The highest BCUT2D eigenvalue weighted by Crippen LogP contribution is 2.41. The van der Waals surface area contributed by atoms with Crippen molar-refractivity contribution in [1.29, 1.82) is 0 Å². The van der Waals surface area contributed by atoms with Crippen LogP contribution >= 0.6 is 23.2 Å². The van der Waals surface area contributed by atoms with Crippen molar-refractivity contribution in [1.82, 2.24) is 19.5 Å². The molecule has 7 rings (SSSR count). The van der Waals surface area contributed by atoms with Crippen LogP contribution in [0.15, 0.2) is 48.7 Å². The summed E-state index contributed by atoms with van der Waals surface area (Å²) in [4.78, 5) is 17.3. The van der Waals surface area contributed by atoms with Gasteiger partial charge in [-0.1, -0.05) is 73.3 Å². The molecule has 7 nitrogen and oxygen atoms in total. The molecule has 2 aliphatic carbocycles. The molecule has 3 fully saturated rings. The van der Waals surface area contributed by atoms with Crippen molar-refractivity contribution in [2.24, 2.45) is 11.8 Å². The Morgan fingerprint density at radius 1 is 1.00 bits per heavy atom. The van der Waals surface area contributed by atoms with Crippen LogP contribution in [0.3, 0.4) is 0 Å². The molecule has 220 valence electrons. The number of imidazole rings is 1. The summed E-state index contributed by atoms with van der Waals surface area (Å²) < 4.78 is 14.9. The predicted molar refractivity (Wildman–Crippen MR) is 167 cm³/mol. The van der Waals surface area contributed by atoms with Gasteiger partial charge in [0.15, 0.2) is 0 Å². The lowest BCUT2D eigenvalue weighted by Gasteiger charge is -2.39. The van der Waals surface area contributed by atoms with Gasteiger partial charge in [0.1, 0.15) is 17.5 Å². The maximum Gasteiger partial charge on any atom is 0.223 e. The number of morpholine rings is 1. The zero-order valence-electron chi connectivity index (χ0n) is 24.0. The number of pyridine rings is 2. The van der Waals surface area contributed by atoms with E-state index in [9.17, 15) is 0 Å². The third-order valence-electron chi connectivity index (χ3n) is 9.28. The molecule has 4 aromatic rings. The molecule has 0 spiro atoms. The first kappa shape index (κ1) is 27.9. The minimum atomic E-state index is 0.263. The maximum absolute atomic E-state index is 6.70. The lowest BCUT2D eigenvalue weighted by Crippen LogP contribution is -2.49. The van der Waals surface area contributed by atoms with Crippen molar-refractivity contribution >= 4 is 40.2 Å². The first-order valence-electron chi connectivity index (χ1n) is 15.3. The van der Waals surface area contributed by atoms with E-state index in [4.69, 9.17) is 42.6 Å². The predicted octanol–water partition coefficient (Wildman–Crippen LogP) is 7.96. The van der Waals surface area contributed by atoms with Crippen LogP contribution in [0, 0.1) is 11.8 Å². The number of ether oxygens (including phenoxy) is 2. The Morgan fingerprint density at radius 3 is 2.67 bits per heavy atom. The van der Waals surface area contributed by atoms with Crippen LogP contribution in [0.4, 0.5) is 5.95 Å². The fraction of sp³-hybridized carbons (Fsp3) is 0.485. The fourth-order valence-electron chi connectivity index (χ4n) is 7.08. The van der Waals surface area contributed by atoms with E-state index >= 15 is 0 Å². The summed E-state index contributed by atoms with van der Waals surface area (Å²) in [6, 6.07) is 14.2. The fourth-order valence-corrected chi connectivity index (χ4v) is 7.42. The number of aromatic nitrogens is 4. The number of rotatable bonds is 7. The molecule has 42 heavy (non-hydrogen) atoms. The Labute approximate surface area is 257 Å². The van der Waals surface area contributed by atoms with E-state index in [-0.39, 0.29) is 6.10 Å². The summed E-state index contributed by atoms with van der Waals surface area (Å²) in [5.74, 6) is 2.84. The first-order chi connectivity index (χ1) is 20.5. The van der Waals surface area contributed by atoms with Gasteiger partial charge < -0.3 is 18.9 Å². The molecule has 1 aliphatic heterocycles. The highest BCUT2D eigenvalue weighted by Gasteiger charge is 2.39. The molecule has 0 bridgehead atoms. The Bertz CT molecular complexity index is 1550. The topological polar surface area (TPSA) is 65.3 Å². The van der Waals surface area contributed by atoms with E-state index < -0.39 is 0 Å². The van der Waals surface area contributed by atoms with Gasteiger partial charge in [-0.15, -0.1) is 0 Å². The van der Waals surface area contributed by atoms with E-state index in [1.165, 1.54) is 32.1 Å². The van der Waals surface area contributed by atoms with E-state index in [1.54, 1.807) is 6.20 Å². The molecule has 3 aromatic heterocycles. The van der Waals surface area contributed by atoms with Crippen LogP contribution in [0.2, 0.25) is 10.2 Å². The van der Waals surface area contributed by atoms with Gasteiger partial charge in [-0.05, 0) is 55.6 Å². The van der Waals surface area contributed by atoms with Gasteiger partial charge >= 0.3 is 0 Å². The van der Waals surface area contributed by atoms with Crippen molar-refractivity contribution in [2.75, 3.05) is 18.1 Å². The molecule has 0 N–H and O–H groups in total. The van der Waals surface area contributed by atoms with Crippen LogP contribution in [-0.2, 0) is 17.9 Å². The third kappa shape index (κ3) is 5.59. The minimum absolute atomic E-state index is 0.263. The highest BCUT2D eigenvalue weighted by atomic mass is 35.5. The molecular weight excluding hydrogens is 569 g/mol. The van der Waals surface area contributed by atoms with Crippen LogP contribution in [-0.4, -0.2) is 44.8 Å². The number of anilines is 1. The number of fused-ring (bicyclic) bond motifs is 2. The van der Waals surface area contributed by atoms with Crippen LogP contribution in [0.1, 0.15) is 57.4 Å². The molecule has 1 saturated heterocycles. The first-order valence-corrected chi connectivity index (χ1v) is 16.1. The Hall–Kier alpha value is -2.87. The SMILES string of the molecule is C[C@H]1CC[C@H](Cn2c(N3CCO[C@H]4CCC[C@@H]43)nc3cc(Cl)nc(-c4cc(Cl)cnc4OCc4ccccc4)c32)CC1. The van der Waals surface area contributed by atoms with Gasteiger partial charge in [-0.25, -0.2) is 15.0 Å². The van der Waals surface area contributed by atoms with Gasteiger partial charge in [0.2, 0.25) is 11.8 Å². The van der Waals surface area contributed by atoms with E-state index in [1.807, 2.05) is 42.5 Å². The normalized spacial score (nSPS) is 24.2. The third-order valence-corrected chi connectivity index (χ3v) is 9.68. The van der Waals surface area contributed by atoms with Crippen molar-refractivity contribution in [2.45, 2.75) is 77.2 Å². The highest BCUT2D eigenvalue weighted by molar-refractivity contribution is 6.31. The van der Waals surface area contributed by atoms with Gasteiger partial charge in [0, 0.05) is 25.4 Å². The van der Waals surface area contributed by atoms with Gasteiger partial charge in [0.25, 0.3) is 0 Å². The molecule has 1 aromatic carbocycles. The molecule has 2 atom stereocenters. The number of nitrogens with zero attached hydrogens (tertiary/aromatic N) is 5. The maximum atomic E-state index is 6.70. The quantitative estimate of drug-likeness (QED) is 0.199. The largest absolute Gasteiger partial charge is 0.472 e. The molecule has 3 aliphatic rings. The average molecular weight is 607 g/mol. The van der Waals surface area contributed by atoms with Crippen LogP contribution in [0.25, 0.3) is 22.3 Å². The zero-order chi connectivity index (χ0) is 28.6. The van der Waals surface area contributed by atoms with E-state index in [0.717, 1.165) is 60.0 Å². The summed E-state index contributed by atoms with van der Waals surface area (Å²) in [7, 11) is 0. The van der Waals surface area contributed by atoms with E-state index in [2.05, 4.69) is 21.4 Å². The summed E-state index contributed by atoms with van der Waals surface area (Å²) in [6.45, 7) is 5.18. The number of halogens is 2. The smallest absolute Gasteiger partial charge is 0.223 e. The summed E-state index contributed by atoms with van der Waals surface area (Å²) in [5, 5.41) is 0.899. The summed E-state index contributed by atoms with van der Waals surface area (Å²) >= 11 is 13.2. The van der Waals surface area contributed by atoms with Crippen molar-refractivity contribution in [3.05, 3.63) is 64.4 Å². The standard InChI is InChI=1S/C33H37Cl2N5O2/c1-21-10-12-22(13-11-21)19-40-31-26(37-33(40)39-14-15-41-28-9-5-8-27(28)39)17-29(35)38-30(31)25-16-24(34)18-36-32(25)42-20-23-6-3-2-4-7-23/h2-4,6-7,16-18,21-22,27-28H,5,8-15,19-20H2,1H3/t21-,22-,27-,28-/m0/s1. The number of hydrogen-bond acceptors (Lipinski definition) is 6. The molecule has 2 saturated carbocycles. The average Bonchev–Trinajstić information content (AvgIpc) is 3.63. The molecule has 0 unspecified atom stereocenters. The molecule has 0 radical (unpaired) electrons. The molecule has 0 amide bonds. The summed E-state index contributed by atoms with van der Waals surface area (Å²) in [5.41, 5.74) is 4.27. The molecular formula is C33H37Cl2N5O2. The molecule has 9 heteroatoms. The Morgan fingerprint density at radius 2 is 1.83 bits per heavy atom. The summed E-state index contributed by atoms with van der Waals surface area (Å²) in [6.07, 6.45) is 10.3. The lowest BCUT2D eigenvalue weighted by atomic mass is 9.83. The Kier molecular flexibility index (Phi) is 7.99. The van der Waals surface area contributed by atoms with Crippen LogP contribution < -0.4 is 9.64 Å². The minimum Gasteiger partial charge on any atom is -0.472 e. The Balaban J connectivity index is 1.36. The van der Waals surface area contributed by atoms with Gasteiger partial charge in [0.05, 0.1) is 40.4 Å². The second-order valence-corrected chi connectivity index (χ2v) is 13.0. The van der Waals surface area contributed by atoms with Gasteiger partial charge in [-0.2, -0.15) is 0 Å².